The Kier molecular flexibility index (Phi) is 3.14. The Hall–Kier alpha value is -2.36. The van der Waals surface area contributed by atoms with Gasteiger partial charge in [-0.3, -0.25) is 10.1 Å². The summed E-state index contributed by atoms with van der Waals surface area (Å²) in [6, 6.07) is 13.6. The predicted octanol–water partition coefficient (Wildman–Crippen LogP) is 3.66. The fraction of sp³-hybridized carbons (Fsp3) is 0.250. The molecule has 4 nitrogen and oxygen atoms in total. The first kappa shape index (κ1) is 12.7. The second kappa shape index (κ2) is 4.96. The lowest BCUT2D eigenvalue weighted by molar-refractivity contribution is -0.385. The van der Waals surface area contributed by atoms with Crippen LogP contribution in [0.2, 0.25) is 0 Å². The normalized spacial score (nSPS) is 16.1. The first-order chi connectivity index (χ1) is 9.66. The number of rotatable bonds is 4. The molecule has 102 valence electrons. The summed E-state index contributed by atoms with van der Waals surface area (Å²) < 4.78 is 0. The lowest BCUT2D eigenvalue weighted by Gasteiger charge is -2.30. The average molecular weight is 268 g/mol. The third-order valence-corrected chi connectivity index (χ3v) is 4.00. The maximum atomic E-state index is 10.9. The molecule has 2 aromatic rings. The maximum absolute atomic E-state index is 10.9. The van der Waals surface area contributed by atoms with E-state index in [0.29, 0.717) is 11.5 Å². The number of benzene rings is 2. The molecule has 4 heteroatoms. The molecular weight excluding hydrogens is 252 g/mol. The van der Waals surface area contributed by atoms with Crippen LogP contribution in [-0.2, 0) is 6.42 Å². The minimum Gasteiger partial charge on any atom is -0.384 e. The van der Waals surface area contributed by atoms with Gasteiger partial charge in [0.1, 0.15) is 0 Å². The van der Waals surface area contributed by atoms with Gasteiger partial charge in [0, 0.05) is 29.8 Å². The Bertz CT molecular complexity index is 667. The molecule has 1 unspecified atom stereocenters. The average Bonchev–Trinajstić information content (AvgIpc) is 2.41. The van der Waals surface area contributed by atoms with Gasteiger partial charge in [-0.25, -0.2) is 0 Å². The van der Waals surface area contributed by atoms with Crippen LogP contribution in [0.5, 0.6) is 0 Å². The van der Waals surface area contributed by atoms with Crippen LogP contribution in [0.1, 0.15) is 22.6 Å². The van der Waals surface area contributed by atoms with Crippen LogP contribution in [0.3, 0.4) is 0 Å². The number of nitro benzene ring substituents is 1. The minimum absolute atomic E-state index is 0.170. The maximum Gasteiger partial charge on any atom is 0.274 e. The highest BCUT2D eigenvalue weighted by Gasteiger charge is 2.25. The van der Waals surface area contributed by atoms with Crippen LogP contribution >= 0.6 is 0 Å². The first-order valence-electron chi connectivity index (χ1n) is 6.72. The molecule has 1 atom stereocenters. The standard InChI is InChI=1S/C16H16N2O2/c1-11-15(7-4-8-16(11)18(19)20)17-10-13-9-12-5-2-3-6-14(12)13/h2-8,13,17H,9-10H2,1H3. The second-order valence-corrected chi connectivity index (χ2v) is 5.19. The Balaban J connectivity index is 1.72. The number of nitrogens with one attached hydrogen (secondary N) is 1. The zero-order chi connectivity index (χ0) is 14.1. The molecule has 0 heterocycles. The van der Waals surface area contributed by atoms with Crippen molar-refractivity contribution in [3.63, 3.8) is 0 Å². The molecule has 0 bridgehead atoms. The molecule has 3 rings (SSSR count). The molecular formula is C16H16N2O2. The monoisotopic (exact) mass is 268 g/mol. The quantitative estimate of drug-likeness (QED) is 0.680. The van der Waals surface area contributed by atoms with Crippen molar-refractivity contribution in [2.24, 2.45) is 0 Å². The van der Waals surface area contributed by atoms with Gasteiger partial charge in [0.15, 0.2) is 0 Å². The van der Waals surface area contributed by atoms with Gasteiger partial charge < -0.3 is 5.32 Å². The van der Waals surface area contributed by atoms with Crippen LogP contribution < -0.4 is 5.32 Å². The number of nitrogens with zero attached hydrogens (tertiary/aromatic N) is 1. The van der Waals surface area contributed by atoms with Gasteiger partial charge in [-0.2, -0.15) is 0 Å². The van der Waals surface area contributed by atoms with Crippen LogP contribution in [0.15, 0.2) is 42.5 Å². The van der Waals surface area contributed by atoms with Crippen molar-refractivity contribution >= 4 is 11.4 Å². The fourth-order valence-electron chi connectivity index (χ4n) is 2.79. The Morgan fingerprint density at radius 1 is 1.25 bits per heavy atom. The summed E-state index contributed by atoms with van der Waals surface area (Å²) >= 11 is 0. The number of anilines is 1. The van der Waals surface area contributed by atoms with E-state index in [1.54, 1.807) is 19.1 Å². The fourth-order valence-corrected chi connectivity index (χ4v) is 2.79. The summed E-state index contributed by atoms with van der Waals surface area (Å²) in [4.78, 5) is 10.6. The van der Waals surface area contributed by atoms with Gasteiger partial charge in [-0.1, -0.05) is 30.3 Å². The molecule has 0 aromatic heterocycles. The van der Waals surface area contributed by atoms with Gasteiger partial charge in [0.05, 0.1) is 4.92 Å². The molecule has 0 aliphatic heterocycles. The molecule has 0 saturated heterocycles. The Morgan fingerprint density at radius 2 is 2.05 bits per heavy atom. The summed E-state index contributed by atoms with van der Waals surface area (Å²) in [6.45, 7) is 2.61. The molecule has 0 fully saturated rings. The van der Waals surface area contributed by atoms with Crippen molar-refractivity contribution in [3.05, 3.63) is 69.3 Å². The van der Waals surface area contributed by atoms with Gasteiger partial charge in [0.25, 0.3) is 5.69 Å². The van der Waals surface area contributed by atoms with Crippen molar-refractivity contribution in [2.75, 3.05) is 11.9 Å². The first-order valence-corrected chi connectivity index (χ1v) is 6.72. The zero-order valence-corrected chi connectivity index (χ0v) is 11.3. The van der Waals surface area contributed by atoms with Gasteiger partial charge in [0.2, 0.25) is 0 Å². The molecule has 0 spiro atoms. The topological polar surface area (TPSA) is 55.2 Å². The molecule has 2 aromatic carbocycles. The Morgan fingerprint density at radius 3 is 2.80 bits per heavy atom. The zero-order valence-electron chi connectivity index (χ0n) is 11.3. The lowest BCUT2D eigenvalue weighted by atomic mass is 9.77. The molecule has 1 N–H and O–H groups in total. The van der Waals surface area contributed by atoms with E-state index in [9.17, 15) is 10.1 Å². The van der Waals surface area contributed by atoms with Gasteiger partial charge in [-0.15, -0.1) is 0 Å². The molecule has 0 radical (unpaired) electrons. The summed E-state index contributed by atoms with van der Waals surface area (Å²) in [7, 11) is 0. The van der Waals surface area contributed by atoms with E-state index in [1.807, 2.05) is 6.07 Å². The van der Waals surface area contributed by atoms with Crippen molar-refractivity contribution in [2.45, 2.75) is 19.3 Å². The summed E-state index contributed by atoms with van der Waals surface area (Å²) in [5.74, 6) is 0.505. The predicted molar refractivity (Wildman–Crippen MR) is 79.2 cm³/mol. The van der Waals surface area contributed by atoms with Crippen LogP contribution in [0.4, 0.5) is 11.4 Å². The highest BCUT2D eigenvalue weighted by atomic mass is 16.6. The highest BCUT2D eigenvalue weighted by Crippen LogP contribution is 2.35. The van der Waals surface area contributed by atoms with Gasteiger partial charge >= 0.3 is 0 Å². The van der Waals surface area contributed by atoms with E-state index in [4.69, 9.17) is 0 Å². The van der Waals surface area contributed by atoms with E-state index >= 15 is 0 Å². The molecule has 20 heavy (non-hydrogen) atoms. The van der Waals surface area contributed by atoms with E-state index in [2.05, 4.69) is 29.6 Å². The van der Waals surface area contributed by atoms with Crippen LogP contribution in [-0.4, -0.2) is 11.5 Å². The van der Waals surface area contributed by atoms with Crippen molar-refractivity contribution in [1.29, 1.82) is 0 Å². The SMILES string of the molecule is Cc1c(NCC2Cc3ccccc32)cccc1[N+](=O)[O-]. The molecule has 1 aliphatic rings. The van der Waals surface area contributed by atoms with E-state index < -0.39 is 0 Å². The van der Waals surface area contributed by atoms with Crippen LogP contribution in [0, 0.1) is 17.0 Å². The smallest absolute Gasteiger partial charge is 0.274 e. The third kappa shape index (κ3) is 2.13. The number of hydrogen-bond acceptors (Lipinski definition) is 3. The summed E-state index contributed by atoms with van der Waals surface area (Å²) in [6.07, 6.45) is 1.08. The summed E-state index contributed by atoms with van der Waals surface area (Å²) in [5, 5.41) is 14.3. The molecule has 0 amide bonds. The van der Waals surface area contributed by atoms with Gasteiger partial charge in [-0.05, 0) is 30.5 Å². The van der Waals surface area contributed by atoms with E-state index in [-0.39, 0.29) is 10.6 Å². The number of nitro groups is 1. The number of hydrogen-bond donors (Lipinski definition) is 1. The van der Waals surface area contributed by atoms with Crippen molar-refractivity contribution in [3.8, 4) is 0 Å². The minimum atomic E-state index is -0.334. The molecule has 1 aliphatic carbocycles. The number of fused-ring (bicyclic) bond motifs is 1. The lowest BCUT2D eigenvalue weighted by Crippen LogP contribution is -2.24. The van der Waals surface area contributed by atoms with Crippen molar-refractivity contribution < 1.29 is 4.92 Å². The third-order valence-electron chi connectivity index (χ3n) is 4.00. The summed E-state index contributed by atoms with van der Waals surface area (Å²) in [5.41, 5.74) is 4.52. The second-order valence-electron chi connectivity index (χ2n) is 5.19. The molecule has 0 saturated carbocycles. The Labute approximate surface area is 117 Å². The van der Waals surface area contributed by atoms with E-state index in [0.717, 1.165) is 18.7 Å². The van der Waals surface area contributed by atoms with Crippen LogP contribution in [0.25, 0.3) is 0 Å². The highest BCUT2D eigenvalue weighted by molar-refractivity contribution is 5.60. The van der Waals surface area contributed by atoms with E-state index in [1.165, 1.54) is 11.1 Å². The largest absolute Gasteiger partial charge is 0.384 e. The van der Waals surface area contributed by atoms with Crippen molar-refractivity contribution in [1.82, 2.24) is 0 Å².